The van der Waals surface area contributed by atoms with Gasteiger partial charge in [0.2, 0.25) is 6.41 Å². The first-order valence-corrected chi connectivity index (χ1v) is 3.19. The number of alkyl halides is 3. The first-order valence-electron chi connectivity index (χ1n) is 3.19. The third-order valence-electron chi connectivity index (χ3n) is 1.13. The van der Waals surface area contributed by atoms with Gasteiger partial charge in [-0.05, 0) is 5.92 Å². The zero-order valence-electron chi connectivity index (χ0n) is 6.11. The van der Waals surface area contributed by atoms with E-state index in [1.54, 1.807) is 0 Å². The molecule has 0 heterocycles. The first kappa shape index (κ1) is 10.3. The highest BCUT2D eigenvalue weighted by Gasteiger charge is 2.29. The topological polar surface area (TPSA) is 29.1 Å². The Hall–Kier alpha value is -0.740. The van der Waals surface area contributed by atoms with Gasteiger partial charge in [-0.15, -0.1) is 0 Å². The van der Waals surface area contributed by atoms with Crippen molar-refractivity contribution in [2.45, 2.75) is 19.5 Å². The van der Waals surface area contributed by atoms with Crippen LogP contribution in [-0.4, -0.2) is 19.1 Å². The lowest BCUT2D eigenvalue weighted by Crippen LogP contribution is -2.23. The number of nitrogens with one attached hydrogen (secondary N) is 1. The smallest absolute Gasteiger partial charge is 0.358 e. The molecule has 0 fully saturated rings. The highest BCUT2D eigenvalue weighted by atomic mass is 19.4. The minimum absolute atomic E-state index is 0.0724. The third kappa shape index (κ3) is 7.15. The second kappa shape index (κ2) is 4.20. The average Bonchev–Trinajstić information content (AvgIpc) is 1.79. The van der Waals surface area contributed by atoms with E-state index in [-0.39, 0.29) is 6.54 Å². The first-order chi connectivity index (χ1) is 4.95. The van der Waals surface area contributed by atoms with Crippen molar-refractivity contribution in [2.24, 2.45) is 5.92 Å². The fraction of sp³-hybridized carbons (Fsp3) is 0.833. The lowest BCUT2D eigenvalue weighted by atomic mass is 10.1. The molecular weight excluding hydrogens is 159 g/mol. The molecule has 0 aromatic heterocycles. The quantitative estimate of drug-likeness (QED) is 0.632. The summed E-state index contributed by atoms with van der Waals surface area (Å²) < 4.78 is 34.9. The second-order valence-corrected chi connectivity index (χ2v) is 2.45. The van der Waals surface area contributed by atoms with E-state index in [1.807, 2.05) is 0 Å². The van der Waals surface area contributed by atoms with Crippen LogP contribution in [0.15, 0.2) is 0 Å². The Morgan fingerprint density at radius 1 is 1.55 bits per heavy atom. The van der Waals surface area contributed by atoms with E-state index in [0.717, 1.165) is 0 Å². The largest absolute Gasteiger partial charge is 0.389 e. The highest BCUT2D eigenvalue weighted by Crippen LogP contribution is 2.23. The Labute approximate surface area is 62.8 Å². The van der Waals surface area contributed by atoms with Crippen molar-refractivity contribution in [2.75, 3.05) is 6.54 Å². The maximum absolute atomic E-state index is 11.6. The number of rotatable bonds is 4. The molecule has 1 amide bonds. The maximum atomic E-state index is 11.6. The van der Waals surface area contributed by atoms with E-state index in [2.05, 4.69) is 5.32 Å². The molecule has 5 heteroatoms. The molecule has 0 bridgehead atoms. The molecule has 0 aromatic carbocycles. The normalized spacial score (nSPS) is 14.2. The van der Waals surface area contributed by atoms with Crippen LogP contribution in [0.5, 0.6) is 0 Å². The van der Waals surface area contributed by atoms with Crippen molar-refractivity contribution in [3.05, 3.63) is 0 Å². The van der Waals surface area contributed by atoms with Crippen LogP contribution >= 0.6 is 0 Å². The van der Waals surface area contributed by atoms with Gasteiger partial charge in [0.25, 0.3) is 0 Å². The van der Waals surface area contributed by atoms with Crippen LogP contribution in [0.3, 0.4) is 0 Å². The van der Waals surface area contributed by atoms with Crippen LogP contribution in [0.25, 0.3) is 0 Å². The van der Waals surface area contributed by atoms with E-state index in [1.165, 1.54) is 6.92 Å². The molecule has 0 aromatic rings. The van der Waals surface area contributed by atoms with E-state index in [9.17, 15) is 18.0 Å². The molecule has 1 atom stereocenters. The summed E-state index contributed by atoms with van der Waals surface area (Å²) in [6.07, 6.45) is -4.59. The Kier molecular flexibility index (Phi) is 3.92. The van der Waals surface area contributed by atoms with Gasteiger partial charge in [0.05, 0.1) is 0 Å². The molecule has 0 aliphatic rings. The molecule has 1 N–H and O–H groups in total. The maximum Gasteiger partial charge on any atom is 0.389 e. The van der Waals surface area contributed by atoms with Crippen molar-refractivity contribution in [1.82, 2.24) is 5.32 Å². The SMILES string of the molecule is CC(CNC=O)CC(F)(F)F. The van der Waals surface area contributed by atoms with Gasteiger partial charge >= 0.3 is 6.18 Å². The Balaban J connectivity index is 3.51. The Bertz CT molecular complexity index is 123. The summed E-state index contributed by atoms with van der Waals surface area (Å²) in [5.41, 5.74) is 0. The lowest BCUT2D eigenvalue weighted by Gasteiger charge is -2.12. The van der Waals surface area contributed by atoms with E-state index >= 15 is 0 Å². The van der Waals surface area contributed by atoms with Crippen LogP contribution in [0.4, 0.5) is 13.2 Å². The molecule has 66 valence electrons. The van der Waals surface area contributed by atoms with E-state index in [0.29, 0.717) is 6.41 Å². The molecule has 0 radical (unpaired) electrons. The number of amides is 1. The predicted molar refractivity (Wildman–Crippen MR) is 33.9 cm³/mol. The minimum atomic E-state index is -4.13. The van der Waals surface area contributed by atoms with Gasteiger partial charge in [-0.2, -0.15) is 13.2 Å². The standard InChI is InChI=1S/C6H10F3NO/c1-5(3-10-4-11)2-6(7,8)9/h4-5H,2-3H2,1H3,(H,10,11). The molecule has 11 heavy (non-hydrogen) atoms. The van der Waals surface area contributed by atoms with Crippen LogP contribution in [-0.2, 0) is 4.79 Å². The van der Waals surface area contributed by atoms with Gasteiger partial charge in [0.15, 0.2) is 0 Å². The van der Waals surface area contributed by atoms with Crippen molar-refractivity contribution >= 4 is 6.41 Å². The molecule has 0 aliphatic heterocycles. The average molecular weight is 169 g/mol. The van der Waals surface area contributed by atoms with Crippen molar-refractivity contribution in [3.63, 3.8) is 0 Å². The third-order valence-corrected chi connectivity index (χ3v) is 1.13. The van der Waals surface area contributed by atoms with Gasteiger partial charge < -0.3 is 5.32 Å². The molecule has 0 spiro atoms. The van der Waals surface area contributed by atoms with Gasteiger partial charge in [0.1, 0.15) is 0 Å². The van der Waals surface area contributed by atoms with Gasteiger partial charge in [-0.3, -0.25) is 4.79 Å². The van der Waals surface area contributed by atoms with Crippen LogP contribution in [0.1, 0.15) is 13.3 Å². The molecular formula is C6H10F3NO. The van der Waals surface area contributed by atoms with E-state index in [4.69, 9.17) is 0 Å². The van der Waals surface area contributed by atoms with Gasteiger partial charge in [0, 0.05) is 13.0 Å². The summed E-state index contributed by atoms with van der Waals surface area (Å²) in [5, 5.41) is 2.19. The summed E-state index contributed by atoms with van der Waals surface area (Å²) >= 11 is 0. The monoisotopic (exact) mass is 169 g/mol. The van der Waals surface area contributed by atoms with Crippen molar-refractivity contribution in [1.29, 1.82) is 0 Å². The summed E-state index contributed by atoms with van der Waals surface area (Å²) in [5.74, 6) is -0.555. The zero-order chi connectivity index (χ0) is 8.91. The number of carbonyl (C=O) groups excluding carboxylic acids is 1. The molecule has 0 saturated carbocycles. The minimum Gasteiger partial charge on any atom is -0.358 e. The van der Waals surface area contributed by atoms with Crippen molar-refractivity contribution < 1.29 is 18.0 Å². The van der Waals surface area contributed by atoms with Gasteiger partial charge in [-0.25, -0.2) is 0 Å². The summed E-state index contributed by atoms with van der Waals surface area (Å²) in [4.78, 5) is 9.68. The fourth-order valence-corrected chi connectivity index (χ4v) is 0.717. The van der Waals surface area contributed by atoms with Crippen LogP contribution in [0.2, 0.25) is 0 Å². The Morgan fingerprint density at radius 3 is 2.45 bits per heavy atom. The lowest BCUT2D eigenvalue weighted by molar-refractivity contribution is -0.143. The number of halogens is 3. The van der Waals surface area contributed by atoms with Crippen LogP contribution < -0.4 is 5.32 Å². The fourth-order valence-electron chi connectivity index (χ4n) is 0.717. The van der Waals surface area contributed by atoms with Crippen LogP contribution in [0, 0.1) is 5.92 Å². The summed E-state index contributed by atoms with van der Waals surface area (Å²) in [6, 6.07) is 0. The highest BCUT2D eigenvalue weighted by molar-refractivity contribution is 5.45. The number of carbonyl (C=O) groups is 1. The Morgan fingerprint density at radius 2 is 2.09 bits per heavy atom. The zero-order valence-corrected chi connectivity index (χ0v) is 6.11. The molecule has 0 saturated heterocycles. The second-order valence-electron chi connectivity index (χ2n) is 2.45. The molecule has 2 nitrogen and oxygen atoms in total. The predicted octanol–water partition coefficient (Wildman–Crippen LogP) is 1.32. The summed E-state index contributed by atoms with van der Waals surface area (Å²) in [7, 11) is 0. The van der Waals surface area contributed by atoms with Crippen molar-refractivity contribution in [3.8, 4) is 0 Å². The van der Waals surface area contributed by atoms with E-state index < -0.39 is 18.5 Å². The van der Waals surface area contributed by atoms with Gasteiger partial charge in [-0.1, -0.05) is 6.92 Å². The number of hydrogen-bond acceptors (Lipinski definition) is 1. The number of hydrogen-bond donors (Lipinski definition) is 1. The summed E-state index contributed by atoms with van der Waals surface area (Å²) in [6.45, 7) is 1.51. The molecule has 0 aliphatic carbocycles. The molecule has 0 rings (SSSR count). The molecule has 1 unspecified atom stereocenters.